The molecule has 1 aromatic rings. The fraction of sp³-hybridized carbons (Fsp3) is 0.667. The van der Waals surface area contributed by atoms with E-state index in [0.717, 1.165) is 49.7 Å². The second-order valence-corrected chi connectivity index (χ2v) is 8.49. The molecule has 0 spiro atoms. The van der Waals surface area contributed by atoms with Gasteiger partial charge in [0.25, 0.3) is 0 Å². The first-order valence-corrected chi connectivity index (χ1v) is 10.6. The molecule has 0 N–H and O–H groups in total. The summed E-state index contributed by atoms with van der Waals surface area (Å²) in [5.41, 5.74) is 2.28. The molecule has 1 unspecified atom stereocenters. The quantitative estimate of drug-likeness (QED) is 0.730. The van der Waals surface area contributed by atoms with Gasteiger partial charge in [-0.2, -0.15) is 0 Å². The van der Waals surface area contributed by atoms with E-state index in [-0.39, 0.29) is 5.91 Å². The van der Waals surface area contributed by atoms with Crippen LogP contribution in [0.4, 0.5) is 5.69 Å². The second-order valence-electron chi connectivity index (χ2n) is 8.05. The second kappa shape index (κ2) is 8.28. The monoisotopic (exact) mass is 375 g/mol. The van der Waals surface area contributed by atoms with E-state index >= 15 is 0 Å². The van der Waals surface area contributed by atoms with Gasteiger partial charge in [-0.15, -0.1) is 0 Å². The summed E-state index contributed by atoms with van der Waals surface area (Å²) in [7, 11) is 0. The van der Waals surface area contributed by atoms with Crippen LogP contribution in [0.3, 0.4) is 0 Å². The lowest BCUT2D eigenvalue weighted by Crippen LogP contribution is -2.40. The molecule has 26 heavy (non-hydrogen) atoms. The van der Waals surface area contributed by atoms with Crippen molar-refractivity contribution >= 4 is 23.2 Å². The third-order valence-electron chi connectivity index (χ3n) is 6.21. The van der Waals surface area contributed by atoms with Crippen LogP contribution in [0, 0.1) is 0 Å². The maximum Gasteiger partial charge on any atom is 0.227 e. The zero-order valence-electron chi connectivity index (χ0n) is 15.6. The number of hydrogen-bond donors (Lipinski definition) is 0. The maximum atomic E-state index is 13.0. The van der Waals surface area contributed by atoms with Gasteiger partial charge in [-0.05, 0) is 88.5 Å². The molecule has 1 atom stereocenters. The molecule has 0 aliphatic carbocycles. The van der Waals surface area contributed by atoms with Crippen LogP contribution < -0.4 is 4.90 Å². The molecule has 0 bridgehead atoms. The molecular weight excluding hydrogens is 346 g/mol. The lowest BCUT2D eigenvalue weighted by Gasteiger charge is -2.26. The van der Waals surface area contributed by atoms with Crippen LogP contribution in [0.5, 0.6) is 0 Å². The first-order chi connectivity index (χ1) is 12.7. The molecule has 4 rings (SSSR count). The Bertz CT molecular complexity index is 644. The Kier molecular flexibility index (Phi) is 5.82. The van der Waals surface area contributed by atoms with Crippen LogP contribution in [0.1, 0.15) is 50.5 Å². The summed E-state index contributed by atoms with van der Waals surface area (Å²) in [4.78, 5) is 20.2. The molecule has 0 saturated carbocycles. The van der Waals surface area contributed by atoms with Crippen molar-refractivity contribution in [1.82, 2.24) is 9.80 Å². The molecule has 3 aliphatic rings. The number of likely N-dealkylation sites (tertiary alicyclic amines) is 1. The third-order valence-corrected chi connectivity index (χ3v) is 6.45. The highest BCUT2D eigenvalue weighted by molar-refractivity contribution is 6.30. The Morgan fingerprint density at radius 1 is 1.12 bits per heavy atom. The van der Waals surface area contributed by atoms with Crippen molar-refractivity contribution < 1.29 is 4.79 Å². The van der Waals surface area contributed by atoms with Gasteiger partial charge in [0.15, 0.2) is 0 Å². The summed E-state index contributed by atoms with van der Waals surface area (Å²) in [6.07, 6.45) is 7.88. The average Bonchev–Trinajstić information content (AvgIpc) is 3.27. The van der Waals surface area contributed by atoms with Crippen LogP contribution in [-0.2, 0) is 11.3 Å². The van der Waals surface area contributed by atoms with Crippen LogP contribution in [0.15, 0.2) is 18.2 Å². The molecule has 0 aromatic heterocycles. The Morgan fingerprint density at radius 3 is 2.81 bits per heavy atom. The molecular formula is C21H30ClN3O. The Morgan fingerprint density at radius 2 is 1.96 bits per heavy atom. The largest absolute Gasteiger partial charge is 0.311 e. The molecule has 5 heteroatoms. The summed E-state index contributed by atoms with van der Waals surface area (Å²) < 4.78 is 0. The number of nitrogens with zero attached hydrogens (tertiary/aromatic N) is 3. The van der Waals surface area contributed by atoms with E-state index in [1.165, 1.54) is 44.3 Å². The zero-order valence-corrected chi connectivity index (χ0v) is 16.4. The average molecular weight is 376 g/mol. The van der Waals surface area contributed by atoms with Crippen LogP contribution in [0.2, 0.25) is 5.02 Å². The highest BCUT2D eigenvalue weighted by Crippen LogP contribution is 2.33. The van der Waals surface area contributed by atoms with E-state index in [0.29, 0.717) is 12.5 Å². The number of amides is 1. The van der Waals surface area contributed by atoms with Gasteiger partial charge in [-0.1, -0.05) is 11.6 Å². The summed E-state index contributed by atoms with van der Waals surface area (Å²) in [5, 5.41) is 0.763. The van der Waals surface area contributed by atoms with E-state index in [9.17, 15) is 4.79 Å². The Labute approximate surface area is 162 Å². The third kappa shape index (κ3) is 4.08. The van der Waals surface area contributed by atoms with Crippen molar-refractivity contribution in [2.24, 2.45) is 0 Å². The van der Waals surface area contributed by atoms with Gasteiger partial charge in [-0.25, -0.2) is 0 Å². The van der Waals surface area contributed by atoms with Gasteiger partial charge >= 0.3 is 0 Å². The number of hydrogen-bond acceptors (Lipinski definition) is 3. The van der Waals surface area contributed by atoms with Crippen molar-refractivity contribution in [3.05, 3.63) is 28.8 Å². The highest BCUT2D eigenvalue weighted by atomic mass is 35.5. The molecule has 2 saturated heterocycles. The fourth-order valence-corrected chi connectivity index (χ4v) is 4.97. The van der Waals surface area contributed by atoms with Crippen molar-refractivity contribution in [3.63, 3.8) is 0 Å². The van der Waals surface area contributed by atoms with Gasteiger partial charge in [0.1, 0.15) is 0 Å². The number of benzene rings is 1. The van der Waals surface area contributed by atoms with Crippen LogP contribution in [-0.4, -0.2) is 54.5 Å². The van der Waals surface area contributed by atoms with Gasteiger partial charge in [0.2, 0.25) is 5.91 Å². The predicted molar refractivity (Wildman–Crippen MR) is 107 cm³/mol. The summed E-state index contributed by atoms with van der Waals surface area (Å²) in [6.45, 7) is 6.51. The summed E-state index contributed by atoms with van der Waals surface area (Å²) in [6, 6.07) is 6.51. The van der Waals surface area contributed by atoms with E-state index in [4.69, 9.17) is 11.6 Å². The number of halogens is 1. The minimum Gasteiger partial charge on any atom is -0.311 e. The van der Waals surface area contributed by atoms with Crippen LogP contribution >= 0.6 is 11.6 Å². The molecule has 1 amide bonds. The number of fused-ring (bicyclic) bond motifs is 2. The normalized spacial score (nSPS) is 23.7. The minimum absolute atomic E-state index is 0.281. The molecule has 3 aliphatic heterocycles. The molecule has 142 valence electrons. The van der Waals surface area contributed by atoms with Crippen molar-refractivity contribution in [3.8, 4) is 0 Å². The van der Waals surface area contributed by atoms with E-state index in [1.54, 1.807) is 0 Å². The van der Waals surface area contributed by atoms with Gasteiger partial charge in [0, 0.05) is 36.3 Å². The van der Waals surface area contributed by atoms with Crippen molar-refractivity contribution in [2.45, 2.75) is 57.5 Å². The first-order valence-electron chi connectivity index (χ1n) is 10.3. The maximum absolute atomic E-state index is 13.0. The minimum atomic E-state index is 0.281. The molecule has 1 aromatic carbocycles. The van der Waals surface area contributed by atoms with Gasteiger partial charge in [0.05, 0.1) is 0 Å². The summed E-state index contributed by atoms with van der Waals surface area (Å²) >= 11 is 6.24. The smallest absolute Gasteiger partial charge is 0.227 e. The van der Waals surface area contributed by atoms with Crippen LogP contribution in [0.25, 0.3) is 0 Å². The number of rotatable bonds is 5. The number of anilines is 1. The standard InChI is InChI=1S/C21H30ClN3O/c22-18-8-9-20-17(14-18)15-24-13-5-6-19(24)16-25(20)21(26)7-1-2-10-23-11-3-4-12-23/h8-9,14,19H,1-7,10-13,15-16H2. The predicted octanol–water partition coefficient (Wildman–Crippen LogP) is 3.92. The number of carbonyl (C=O) groups excluding carboxylic acids is 1. The van der Waals surface area contributed by atoms with E-state index in [2.05, 4.69) is 14.7 Å². The van der Waals surface area contributed by atoms with Gasteiger partial charge < -0.3 is 9.80 Å². The number of carbonyl (C=O) groups is 1. The molecule has 4 nitrogen and oxygen atoms in total. The lowest BCUT2D eigenvalue weighted by atomic mass is 10.1. The molecule has 0 radical (unpaired) electrons. The summed E-state index contributed by atoms with van der Waals surface area (Å²) in [5.74, 6) is 0.281. The van der Waals surface area contributed by atoms with E-state index < -0.39 is 0 Å². The van der Waals surface area contributed by atoms with Crippen molar-refractivity contribution in [1.29, 1.82) is 0 Å². The van der Waals surface area contributed by atoms with Crippen molar-refractivity contribution in [2.75, 3.05) is 37.6 Å². The fourth-order valence-electron chi connectivity index (χ4n) is 4.77. The molecule has 2 fully saturated rings. The lowest BCUT2D eigenvalue weighted by molar-refractivity contribution is -0.118. The highest BCUT2D eigenvalue weighted by Gasteiger charge is 2.33. The topological polar surface area (TPSA) is 26.8 Å². The van der Waals surface area contributed by atoms with E-state index in [1.807, 2.05) is 18.2 Å². The SMILES string of the molecule is O=C(CCCCN1CCCC1)N1CC2CCCN2Cc2cc(Cl)ccc21. The first kappa shape index (κ1) is 18.3. The Balaban J connectivity index is 1.41. The number of unbranched alkanes of at least 4 members (excludes halogenated alkanes) is 1. The zero-order chi connectivity index (χ0) is 17.9. The Hall–Kier alpha value is -1.10. The van der Waals surface area contributed by atoms with Gasteiger partial charge in [-0.3, -0.25) is 9.69 Å². The molecule has 3 heterocycles.